The summed E-state index contributed by atoms with van der Waals surface area (Å²) in [7, 11) is 0. The van der Waals surface area contributed by atoms with Gasteiger partial charge in [-0.15, -0.1) is 0 Å². The van der Waals surface area contributed by atoms with E-state index in [1.807, 2.05) is 45.0 Å². The molecule has 3 heterocycles. The molecule has 3 aromatic rings. The van der Waals surface area contributed by atoms with Crippen LogP contribution >= 0.6 is 12.2 Å². The van der Waals surface area contributed by atoms with Crippen molar-refractivity contribution < 1.29 is 13.2 Å². The van der Waals surface area contributed by atoms with Crippen LogP contribution in [0.15, 0.2) is 54.7 Å². The molecule has 8 heteroatoms. The quantitative estimate of drug-likeness (QED) is 0.539. The average molecular weight is 445 g/mol. The van der Waals surface area contributed by atoms with Crippen molar-refractivity contribution in [3.63, 3.8) is 0 Å². The number of hydrogen-bond donors (Lipinski definition) is 1. The second-order valence-electron chi connectivity index (χ2n) is 7.59. The van der Waals surface area contributed by atoms with E-state index in [1.54, 1.807) is 16.8 Å². The molecule has 31 heavy (non-hydrogen) atoms. The van der Waals surface area contributed by atoms with Crippen LogP contribution in [0, 0.1) is 13.8 Å². The van der Waals surface area contributed by atoms with Gasteiger partial charge in [-0.25, -0.2) is 0 Å². The maximum absolute atomic E-state index is 13.7. The van der Waals surface area contributed by atoms with Crippen molar-refractivity contribution in [2.24, 2.45) is 0 Å². The Morgan fingerprint density at radius 1 is 1.10 bits per heavy atom. The number of rotatable bonds is 4. The fourth-order valence-electron chi connectivity index (χ4n) is 4.45. The Kier molecular flexibility index (Phi) is 5.51. The van der Waals surface area contributed by atoms with E-state index >= 15 is 0 Å². The van der Waals surface area contributed by atoms with E-state index < -0.39 is 11.7 Å². The normalized spacial score (nSPS) is 19.0. The molecule has 0 bridgehead atoms. The van der Waals surface area contributed by atoms with Gasteiger partial charge in [-0.3, -0.25) is 4.98 Å². The van der Waals surface area contributed by atoms with Gasteiger partial charge >= 0.3 is 6.18 Å². The molecule has 0 radical (unpaired) electrons. The maximum Gasteiger partial charge on any atom is 0.418 e. The third kappa shape index (κ3) is 3.69. The van der Waals surface area contributed by atoms with Crippen molar-refractivity contribution in [1.82, 2.24) is 19.8 Å². The van der Waals surface area contributed by atoms with Gasteiger partial charge in [0, 0.05) is 24.1 Å². The van der Waals surface area contributed by atoms with Gasteiger partial charge in [0.05, 0.1) is 29.0 Å². The van der Waals surface area contributed by atoms with Crippen molar-refractivity contribution in [3.05, 3.63) is 82.9 Å². The zero-order valence-corrected chi connectivity index (χ0v) is 18.3. The fraction of sp³-hybridized carbons (Fsp3) is 0.304. The van der Waals surface area contributed by atoms with E-state index in [0.717, 1.165) is 28.7 Å². The molecule has 0 unspecified atom stereocenters. The number of benzene rings is 1. The van der Waals surface area contributed by atoms with Crippen molar-refractivity contribution >= 4 is 17.3 Å². The van der Waals surface area contributed by atoms with Gasteiger partial charge in [0.2, 0.25) is 0 Å². The smallest absolute Gasteiger partial charge is 0.352 e. The van der Waals surface area contributed by atoms with Crippen LogP contribution in [-0.4, -0.2) is 26.1 Å². The number of halogens is 3. The highest BCUT2D eigenvalue weighted by atomic mass is 32.1. The van der Waals surface area contributed by atoms with Crippen LogP contribution in [0.25, 0.3) is 5.69 Å². The van der Waals surface area contributed by atoms with Gasteiger partial charge < -0.3 is 14.8 Å². The van der Waals surface area contributed by atoms with E-state index in [4.69, 9.17) is 12.2 Å². The molecule has 0 amide bonds. The SMILES string of the molecule is CCN1C(=S)N[C@@H](c2ccccn2)[C@H]1c1cc(C)n(-c2ccccc2C(F)(F)F)c1C. The summed E-state index contributed by atoms with van der Waals surface area (Å²) in [4.78, 5) is 6.56. The lowest BCUT2D eigenvalue weighted by Crippen LogP contribution is -2.29. The average Bonchev–Trinajstić information content (AvgIpc) is 3.23. The first-order chi connectivity index (χ1) is 14.7. The summed E-state index contributed by atoms with van der Waals surface area (Å²) in [6, 6.07) is 13.0. The van der Waals surface area contributed by atoms with Gasteiger partial charge in [0.25, 0.3) is 0 Å². The number of thiocarbonyl (C=S) groups is 1. The Hall–Kier alpha value is -2.87. The molecule has 4 nitrogen and oxygen atoms in total. The third-order valence-electron chi connectivity index (χ3n) is 5.78. The third-order valence-corrected chi connectivity index (χ3v) is 6.13. The van der Waals surface area contributed by atoms with E-state index in [2.05, 4.69) is 15.2 Å². The second-order valence-corrected chi connectivity index (χ2v) is 7.98. The maximum atomic E-state index is 13.7. The van der Waals surface area contributed by atoms with E-state index in [9.17, 15) is 13.2 Å². The molecular formula is C23H23F3N4S. The largest absolute Gasteiger partial charge is 0.418 e. The molecule has 1 aliphatic rings. The minimum atomic E-state index is -4.44. The Morgan fingerprint density at radius 3 is 2.45 bits per heavy atom. The number of hydrogen-bond acceptors (Lipinski definition) is 2. The Morgan fingerprint density at radius 2 is 1.81 bits per heavy atom. The number of alkyl halides is 3. The zero-order valence-electron chi connectivity index (χ0n) is 17.4. The van der Waals surface area contributed by atoms with Crippen LogP contribution in [0.1, 0.15) is 47.2 Å². The number of likely N-dealkylation sites (N-methyl/N-ethyl adjacent to an activating group) is 1. The lowest BCUT2D eigenvalue weighted by atomic mass is 9.97. The number of aryl methyl sites for hydroxylation is 1. The monoisotopic (exact) mass is 444 g/mol. The minimum absolute atomic E-state index is 0.127. The van der Waals surface area contributed by atoms with Gasteiger partial charge in [-0.2, -0.15) is 13.2 Å². The minimum Gasteiger partial charge on any atom is -0.352 e. The summed E-state index contributed by atoms with van der Waals surface area (Å²) in [5.74, 6) is 0. The van der Waals surface area contributed by atoms with Gasteiger partial charge in [0.1, 0.15) is 0 Å². The second kappa shape index (κ2) is 8.00. The molecule has 1 saturated heterocycles. The van der Waals surface area contributed by atoms with E-state index in [1.165, 1.54) is 12.1 Å². The van der Waals surface area contributed by atoms with Crippen LogP contribution in [0.3, 0.4) is 0 Å². The predicted octanol–water partition coefficient (Wildman–Crippen LogP) is 5.50. The molecule has 2 aromatic heterocycles. The molecule has 1 aliphatic heterocycles. The molecule has 0 saturated carbocycles. The van der Waals surface area contributed by atoms with Gasteiger partial charge in [-0.05, 0) is 68.9 Å². The number of para-hydroxylation sites is 1. The molecular weight excluding hydrogens is 421 g/mol. The van der Waals surface area contributed by atoms with Gasteiger partial charge in [-0.1, -0.05) is 18.2 Å². The van der Waals surface area contributed by atoms with Crippen molar-refractivity contribution in [1.29, 1.82) is 0 Å². The molecule has 4 rings (SSSR count). The molecule has 0 spiro atoms. The molecule has 1 N–H and O–H groups in total. The van der Waals surface area contributed by atoms with E-state index in [-0.39, 0.29) is 17.8 Å². The Labute approximate surface area is 184 Å². The Balaban J connectivity index is 1.87. The van der Waals surface area contributed by atoms with E-state index in [0.29, 0.717) is 11.7 Å². The van der Waals surface area contributed by atoms with Crippen LogP contribution in [-0.2, 0) is 6.18 Å². The van der Waals surface area contributed by atoms with Crippen molar-refractivity contribution in [3.8, 4) is 5.69 Å². The molecule has 0 aliphatic carbocycles. The fourth-order valence-corrected chi connectivity index (χ4v) is 4.82. The summed E-state index contributed by atoms with van der Waals surface area (Å²) in [5, 5.41) is 3.97. The standard InChI is InChI=1S/C23H23F3N4S/c1-4-29-21(20(28-22(29)31)18-10-7-8-12-27-18)16-13-14(2)30(15(16)3)19-11-6-5-9-17(19)23(24,25)26/h5-13,20-21H,4H2,1-3H3,(H,28,31)/t20-,21+/m0/s1. The lowest BCUT2D eigenvalue weighted by molar-refractivity contribution is -0.137. The topological polar surface area (TPSA) is 33.1 Å². The van der Waals surface area contributed by atoms with Crippen LogP contribution in [0.5, 0.6) is 0 Å². The summed E-state index contributed by atoms with van der Waals surface area (Å²) in [6.07, 6.45) is -2.71. The summed E-state index contributed by atoms with van der Waals surface area (Å²) in [6.45, 7) is 6.37. The first-order valence-corrected chi connectivity index (χ1v) is 10.5. The predicted molar refractivity (Wildman–Crippen MR) is 118 cm³/mol. The summed E-state index contributed by atoms with van der Waals surface area (Å²) < 4.78 is 42.8. The first kappa shape index (κ1) is 21.4. The lowest BCUT2D eigenvalue weighted by Gasteiger charge is -2.27. The Bertz CT molecular complexity index is 1110. The van der Waals surface area contributed by atoms with Crippen molar-refractivity contribution in [2.75, 3.05) is 6.54 Å². The zero-order chi connectivity index (χ0) is 22.3. The highest BCUT2D eigenvalue weighted by molar-refractivity contribution is 7.80. The number of aromatic nitrogens is 2. The summed E-state index contributed by atoms with van der Waals surface area (Å²) >= 11 is 5.57. The van der Waals surface area contributed by atoms with Crippen LogP contribution < -0.4 is 5.32 Å². The molecule has 1 aromatic carbocycles. The molecule has 162 valence electrons. The number of nitrogens with zero attached hydrogens (tertiary/aromatic N) is 3. The molecule has 1 fully saturated rings. The van der Waals surface area contributed by atoms with Crippen molar-refractivity contribution in [2.45, 2.75) is 39.0 Å². The van der Waals surface area contributed by atoms with Gasteiger partial charge in [0.15, 0.2) is 5.11 Å². The first-order valence-electron chi connectivity index (χ1n) is 10.1. The molecule has 2 atom stereocenters. The van der Waals surface area contributed by atoms with Crippen LogP contribution in [0.4, 0.5) is 13.2 Å². The summed E-state index contributed by atoms with van der Waals surface area (Å²) in [5.41, 5.74) is 2.73. The number of nitrogens with one attached hydrogen (secondary N) is 1. The highest BCUT2D eigenvalue weighted by Crippen LogP contribution is 2.42. The van der Waals surface area contributed by atoms with Crippen LogP contribution in [0.2, 0.25) is 0 Å². The number of pyridine rings is 1. The highest BCUT2D eigenvalue weighted by Gasteiger charge is 2.41.